The fourth-order valence-corrected chi connectivity index (χ4v) is 2.58. The molecule has 0 bridgehead atoms. The Kier molecular flexibility index (Phi) is 8.87. The summed E-state index contributed by atoms with van der Waals surface area (Å²) < 4.78 is 0. The van der Waals surface area contributed by atoms with Crippen molar-refractivity contribution in [3.8, 4) is 0 Å². The quantitative estimate of drug-likeness (QED) is 0.798. The first-order valence-electron chi connectivity index (χ1n) is 7.70. The van der Waals surface area contributed by atoms with Crippen LogP contribution in [0.15, 0.2) is 24.3 Å². The monoisotopic (exact) mass is 341 g/mol. The third kappa shape index (κ3) is 4.94. The van der Waals surface area contributed by atoms with Crippen molar-refractivity contribution in [1.29, 1.82) is 0 Å². The van der Waals surface area contributed by atoms with E-state index in [4.69, 9.17) is 5.73 Å². The third-order valence-corrected chi connectivity index (χ3v) is 4.41. The van der Waals surface area contributed by atoms with Crippen LogP contribution in [-0.4, -0.2) is 37.4 Å². The summed E-state index contributed by atoms with van der Waals surface area (Å²) in [5.41, 5.74) is 6.96. The summed E-state index contributed by atoms with van der Waals surface area (Å²) in [7, 11) is 3.40. The predicted octanol–water partition coefficient (Wildman–Crippen LogP) is 2.19. The Bertz CT molecular complexity index is 505. The third-order valence-electron chi connectivity index (χ3n) is 4.41. The van der Waals surface area contributed by atoms with Crippen LogP contribution in [0.2, 0.25) is 0 Å². The number of rotatable bonds is 7. The number of halogens is 1. The molecule has 0 radical (unpaired) electrons. The number of benzene rings is 1. The molecule has 23 heavy (non-hydrogen) atoms. The molecular formula is C17H28ClN3O2. The molecule has 0 unspecified atom stereocenters. The van der Waals surface area contributed by atoms with Crippen LogP contribution < -0.4 is 11.1 Å². The number of nitrogens with two attached hydrogens (primary N) is 1. The lowest BCUT2D eigenvalue weighted by atomic mass is 9.81. The zero-order valence-corrected chi connectivity index (χ0v) is 15.2. The Hall–Kier alpha value is -1.59. The summed E-state index contributed by atoms with van der Waals surface area (Å²) in [5, 5.41) is 2.59. The second-order valence-electron chi connectivity index (χ2n) is 5.63. The molecule has 0 saturated heterocycles. The Morgan fingerprint density at radius 2 is 1.70 bits per heavy atom. The zero-order chi connectivity index (χ0) is 16.8. The number of hydrogen-bond donors (Lipinski definition) is 2. The summed E-state index contributed by atoms with van der Waals surface area (Å²) in [6, 6.07) is 7.28. The van der Waals surface area contributed by atoms with E-state index in [-0.39, 0.29) is 24.2 Å². The van der Waals surface area contributed by atoms with Gasteiger partial charge in [-0.15, -0.1) is 12.4 Å². The standard InChI is InChI=1S/C17H27N3O2.ClH/c1-5-17(6-2,12-18)16(22)20(4)11-13-7-9-14(10-8-13)15(21)19-3;/h7-10H,5-6,11-12,18H2,1-4H3,(H,19,21);1H. The van der Waals surface area contributed by atoms with Crippen LogP contribution in [0.3, 0.4) is 0 Å². The SMILES string of the molecule is CCC(CC)(CN)C(=O)N(C)Cc1ccc(C(=O)NC)cc1.Cl. The molecule has 1 aromatic carbocycles. The van der Waals surface area contributed by atoms with E-state index in [9.17, 15) is 9.59 Å². The van der Waals surface area contributed by atoms with E-state index >= 15 is 0 Å². The van der Waals surface area contributed by atoms with Gasteiger partial charge in [-0.1, -0.05) is 26.0 Å². The van der Waals surface area contributed by atoms with E-state index in [1.807, 2.05) is 26.0 Å². The van der Waals surface area contributed by atoms with Crippen LogP contribution in [0, 0.1) is 5.41 Å². The van der Waals surface area contributed by atoms with Gasteiger partial charge in [-0.2, -0.15) is 0 Å². The van der Waals surface area contributed by atoms with Crippen molar-refractivity contribution in [2.24, 2.45) is 11.1 Å². The smallest absolute Gasteiger partial charge is 0.251 e. The van der Waals surface area contributed by atoms with Crippen LogP contribution in [-0.2, 0) is 11.3 Å². The molecule has 0 aliphatic rings. The Morgan fingerprint density at radius 1 is 1.17 bits per heavy atom. The van der Waals surface area contributed by atoms with Gasteiger partial charge in [-0.25, -0.2) is 0 Å². The van der Waals surface area contributed by atoms with Crippen LogP contribution in [0.1, 0.15) is 42.6 Å². The lowest BCUT2D eigenvalue weighted by Gasteiger charge is -2.33. The van der Waals surface area contributed by atoms with Gasteiger partial charge < -0.3 is 16.0 Å². The molecule has 5 nitrogen and oxygen atoms in total. The second-order valence-corrected chi connectivity index (χ2v) is 5.63. The van der Waals surface area contributed by atoms with Gasteiger partial charge >= 0.3 is 0 Å². The molecule has 0 spiro atoms. The largest absolute Gasteiger partial charge is 0.355 e. The first kappa shape index (κ1) is 21.4. The van der Waals surface area contributed by atoms with Crippen molar-refractivity contribution >= 4 is 24.2 Å². The summed E-state index contributed by atoms with van der Waals surface area (Å²) >= 11 is 0. The number of hydrogen-bond acceptors (Lipinski definition) is 3. The number of nitrogens with zero attached hydrogens (tertiary/aromatic N) is 1. The van der Waals surface area contributed by atoms with Crippen molar-refractivity contribution in [2.45, 2.75) is 33.2 Å². The number of amides is 2. The molecule has 1 aromatic rings. The van der Waals surface area contributed by atoms with Gasteiger partial charge in [0.15, 0.2) is 0 Å². The normalized spacial score (nSPS) is 10.7. The maximum atomic E-state index is 12.7. The van der Waals surface area contributed by atoms with Gasteiger partial charge in [0, 0.05) is 32.7 Å². The molecule has 2 amide bonds. The molecule has 0 aromatic heterocycles. The first-order chi connectivity index (χ1) is 10.4. The average molecular weight is 342 g/mol. The van der Waals surface area contributed by atoms with Crippen molar-refractivity contribution in [1.82, 2.24) is 10.2 Å². The molecule has 0 aliphatic heterocycles. The molecular weight excluding hydrogens is 314 g/mol. The minimum absolute atomic E-state index is 0. The highest BCUT2D eigenvalue weighted by Gasteiger charge is 2.35. The van der Waals surface area contributed by atoms with E-state index < -0.39 is 5.41 Å². The zero-order valence-electron chi connectivity index (χ0n) is 14.4. The predicted molar refractivity (Wildman–Crippen MR) is 95.6 cm³/mol. The molecule has 1 rings (SSSR count). The molecule has 6 heteroatoms. The first-order valence-corrected chi connectivity index (χ1v) is 7.70. The Morgan fingerprint density at radius 3 is 2.09 bits per heavy atom. The topological polar surface area (TPSA) is 75.4 Å². The minimum atomic E-state index is -0.475. The van der Waals surface area contributed by atoms with Gasteiger partial charge in [0.2, 0.25) is 5.91 Å². The molecule has 130 valence electrons. The van der Waals surface area contributed by atoms with E-state index in [0.717, 1.165) is 18.4 Å². The maximum Gasteiger partial charge on any atom is 0.251 e. The minimum Gasteiger partial charge on any atom is -0.355 e. The highest BCUT2D eigenvalue weighted by molar-refractivity contribution is 5.94. The van der Waals surface area contributed by atoms with Crippen LogP contribution >= 0.6 is 12.4 Å². The molecule has 0 fully saturated rings. The van der Waals surface area contributed by atoms with Gasteiger partial charge in [0.05, 0.1) is 5.41 Å². The molecule has 3 N–H and O–H groups in total. The van der Waals surface area contributed by atoms with Gasteiger partial charge in [0.25, 0.3) is 5.91 Å². The van der Waals surface area contributed by atoms with E-state index in [2.05, 4.69) is 5.32 Å². The van der Waals surface area contributed by atoms with Gasteiger partial charge in [0.1, 0.15) is 0 Å². The van der Waals surface area contributed by atoms with Crippen LogP contribution in [0.4, 0.5) is 0 Å². The fraction of sp³-hybridized carbons (Fsp3) is 0.529. The molecule has 0 aliphatic carbocycles. The van der Waals surface area contributed by atoms with Crippen molar-refractivity contribution in [2.75, 3.05) is 20.6 Å². The number of carbonyl (C=O) groups is 2. The highest BCUT2D eigenvalue weighted by Crippen LogP contribution is 2.27. The lowest BCUT2D eigenvalue weighted by Crippen LogP contribution is -2.45. The van der Waals surface area contributed by atoms with Crippen molar-refractivity contribution in [3.05, 3.63) is 35.4 Å². The van der Waals surface area contributed by atoms with E-state index in [0.29, 0.717) is 18.7 Å². The van der Waals surface area contributed by atoms with Crippen molar-refractivity contribution in [3.63, 3.8) is 0 Å². The summed E-state index contributed by atoms with van der Waals surface area (Å²) in [6.45, 7) is 4.87. The summed E-state index contributed by atoms with van der Waals surface area (Å²) in [6.07, 6.45) is 1.47. The van der Waals surface area contributed by atoms with E-state index in [1.165, 1.54) is 0 Å². The summed E-state index contributed by atoms with van der Waals surface area (Å²) in [4.78, 5) is 25.9. The number of nitrogens with one attached hydrogen (secondary N) is 1. The Labute approximate surface area is 145 Å². The maximum absolute atomic E-state index is 12.7. The van der Waals surface area contributed by atoms with Crippen molar-refractivity contribution < 1.29 is 9.59 Å². The molecule has 0 heterocycles. The highest BCUT2D eigenvalue weighted by atomic mass is 35.5. The summed E-state index contributed by atoms with van der Waals surface area (Å²) in [5.74, 6) is -0.0366. The van der Waals surface area contributed by atoms with E-state index in [1.54, 1.807) is 31.1 Å². The van der Waals surface area contributed by atoms with Gasteiger partial charge in [-0.05, 0) is 30.5 Å². The molecule has 0 saturated carbocycles. The van der Waals surface area contributed by atoms with Crippen LogP contribution in [0.25, 0.3) is 0 Å². The van der Waals surface area contributed by atoms with Gasteiger partial charge in [-0.3, -0.25) is 9.59 Å². The van der Waals surface area contributed by atoms with Crippen LogP contribution in [0.5, 0.6) is 0 Å². The fourth-order valence-electron chi connectivity index (χ4n) is 2.58. The molecule has 0 atom stereocenters. The Balaban J connectivity index is 0.00000484. The number of carbonyl (C=O) groups excluding carboxylic acids is 2. The second kappa shape index (κ2) is 9.53. The average Bonchev–Trinajstić information content (AvgIpc) is 2.56. The lowest BCUT2D eigenvalue weighted by molar-refractivity contribution is -0.141.